The first-order chi connectivity index (χ1) is 10.1. The summed E-state index contributed by atoms with van der Waals surface area (Å²) >= 11 is 3.59. The second kappa shape index (κ2) is 7.41. The summed E-state index contributed by atoms with van der Waals surface area (Å²) in [4.78, 5) is 0.00540. The SMILES string of the molecule is COc1cccc(CC(Br)c2cccc(OC(F)F)c2)c1. The van der Waals surface area contributed by atoms with E-state index in [0.717, 1.165) is 23.3 Å². The van der Waals surface area contributed by atoms with Crippen LogP contribution in [0.5, 0.6) is 11.5 Å². The number of halogens is 3. The molecule has 0 fully saturated rings. The molecule has 21 heavy (non-hydrogen) atoms. The molecule has 0 aliphatic carbocycles. The van der Waals surface area contributed by atoms with Crippen LogP contribution in [-0.4, -0.2) is 13.7 Å². The zero-order chi connectivity index (χ0) is 15.2. The van der Waals surface area contributed by atoms with Crippen molar-refractivity contribution in [3.63, 3.8) is 0 Å². The molecule has 0 radical (unpaired) electrons. The Labute approximate surface area is 130 Å². The number of hydrogen-bond donors (Lipinski definition) is 0. The Morgan fingerprint density at radius 3 is 2.48 bits per heavy atom. The fourth-order valence-electron chi connectivity index (χ4n) is 2.01. The maximum absolute atomic E-state index is 12.2. The number of benzene rings is 2. The molecule has 0 aromatic heterocycles. The van der Waals surface area contributed by atoms with Crippen molar-refractivity contribution in [2.75, 3.05) is 7.11 Å². The number of methoxy groups -OCH3 is 1. The highest BCUT2D eigenvalue weighted by molar-refractivity contribution is 9.09. The van der Waals surface area contributed by atoms with Crippen LogP contribution in [0.4, 0.5) is 8.78 Å². The molecule has 1 atom stereocenters. The van der Waals surface area contributed by atoms with Gasteiger partial charge in [-0.05, 0) is 41.8 Å². The lowest BCUT2D eigenvalue weighted by atomic mass is 10.0. The molecule has 1 unspecified atom stereocenters. The lowest BCUT2D eigenvalue weighted by Crippen LogP contribution is -2.03. The third-order valence-electron chi connectivity index (χ3n) is 2.99. The lowest BCUT2D eigenvalue weighted by Gasteiger charge is -2.13. The molecule has 0 aliphatic heterocycles. The van der Waals surface area contributed by atoms with E-state index in [2.05, 4.69) is 20.7 Å². The monoisotopic (exact) mass is 356 g/mol. The standard InChI is InChI=1S/C16H15BrF2O2/c1-20-13-6-2-4-11(8-13)9-15(17)12-5-3-7-14(10-12)21-16(18)19/h2-8,10,15-16H,9H2,1H3. The van der Waals surface area contributed by atoms with Gasteiger partial charge in [-0.25, -0.2) is 0 Å². The van der Waals surface area contributed by atoms with Crippen molar-refractivity contribution in [1.82, 2.24) is 0 Å². The van der Waals surface area contributed by atoms with E-state index in [1.807, 2.05) is 30.3 Å². The summed E-state index contributed by atoms with van der Waals surface area (Å²) < 4.78 is 34.1. The van der Waals surface area contributed by atoms with Crippen LogP contribution >= 0.6 is 15.9 Å². The number of ether oxygens (including phenoxy) is 2. The van der Waals surface area contributed by atoms with Crippen molar-refractivity contribution < 1.29 is 18.3 Å². The van der Waals surface area contributed by atoms with Gasteiger partial charge in [-0.3, -0.25) is 0 Å². The second-order valence-corrected chi connectivity index (χ2v) is 5.58. The summed E-state index contributed by atoms with van der Waals surface area (Å²) in [6, 6.07) is 14.5. The quantitative estimate of drug-likeness (QED) is 0.680. The Hall–Kier alpha value is -1.62. The highest BCUT2D eigenvalue weighted by Gasteiger charge is 2.11. The normalized spacial score (nSPS) is 12.2. The van der Waals surface area contributed by atoms with Crippen molar-refractivity contribution in [2.45, 2.75) is 17.9 Å². The predicted molar refractivity (Wildman–Crippen MR) is 81.4 cm³/mol. The average molecular weight is 357 g/mol. The molecule has 0 heterocycles. The Morgan fingerprint density at radius 2 is 1.76 bits per heavy atom. The third kappa shape index (κ3) is 4.70. The minimum atomic E-state index is -2.81. The van der Waals surface area contributed by atoms with Gasteiger partial charge >= 0.3 is 6.61 Å². The predicted octanol–water partition coefficient (Wildman–Crippen LogP) is 4.98. The Balaban J connectivity index is 2.10. The third-order valence-corrected chi connectivity index (χ3v) is 3.85. The molecule has 2 rings (SSSR count). The van der Waals surface area contributed by atoms with Crippen molar-refractivity contribution in [2.24, 2.45) is 0 Å². The Kier molecular flexibility index (Phi) is 5.56. The highest BCUT2D eigenvalue weighted by atomic mass is 79.9. The van der Waals surface area contributed by atoms with E-state index in [0.29, 0.717) is 0 Å². The molecule has 2 nitrogen and oxygen atoms in total. The first-order valence-electron chi connectivity index (χ1n) is 6.40. The molecule has 5 heteroatoms. The molecule has 2 aromatic rings. The Morgan fingerprint density at radius 1 is 1.05 bits per heavy atom. The maximum atomic E-state index is 12.2. The van der Waals surface area contributed by atoms with Crippen molar-refractivity contribution in [3.05, 3.63) is 59.7 Å². The van der Waals surface area contributed by atoms with Gasteiger partial charge < -0.3 is 9.47 Å². The molecule has 0 amide bonds. The summed E-state index contributed by atoms with van der Waals surface area (Å²) in [5.74, 6) is 0.958. The minimum Gasteiger partial charge on any atom is -0.497 e. The van der Waals surface area contributed by atoms with Crippen LogP contribution < -0.4 is 9.47 Å². The summed E-state index contributed by atoms with van der Waals surface area (Å²) in [5.41, 5.74) is 1.98. The van der Waals surface area contributed by atoms with E-state index in [-0.39, 0.29) is 10.6 Å². The van der Waals surface area contributed by atoms with E-state index in [1.165, 1.54) is 6.07 Å². The molecule has 0 aliphatic rings. The topological polar surface area (TPSA) is 18.5 Å². The van der Waals surface area contributed by atoms with Crippen molar-refractivity contribution in [3.8, 4) is 11.5 Å². The van der Waals surface area contributed by atoms with Gasteiger partial charge in [-0.1, -0.05) is 40.2 Å². The molecular formula is C16H15BrF2O2. The number of rotatable bonds is 6. The van der Waals surface area contributed by atoms with Crippen LogP contribution in [0.15, 0.2) is 48.5 Å². The van der Waals surface area contributed by atoms with E-state index >= 15 is 0 Å². The van der Waals surface area contributed by atoms with Crippen LogP contribution in [0.1, 0.15) is 16.0 Å². The van der Waals surface area contributed by atoms with Gasteiger partial charge in [0.2, 0.25) is 0 Å². The molecule has 112 valence electrons. The van der Waals surface area contributed by atoms with Gasteiger partial charge in [0.15, 0.2) is 0 Å². The smallest absolute Gasteiger partial charge is 0.387 e. The summed E-state index contributed by atoms with van der Waals surface area (Å²) in [6.45, 7) is -2.81. The maximum Gasteiger partial charge on any atom is 0.387 e. The van der Waals surface area contributed by atoms with Gasteiger partial charge in [0.1, 0.15) is 11.5 Å². The summed E-state index contributed by atoms with van der Waals surface area (Å²) in [7, 11) is 1.62. The van der Waals surface area contributed by atoms with Gasteiger partial charge in [0.25, 0.3) is 0 Å². The molecule has 0 bridgehead atoms. The van der Waals surface area contributed by atoms with Gasteiger partial charge in [0.05, 0.1) is 7.11 Å². The van der Waals surface area contributed by atoms with Gasteiger partial charge in [-0.2, -0.15) is 8.78 Å². The van der Waals surface area contributed by atoms with Crippen LogP contribution in [0.3, 0.4) is 0 Å². The highest BCUT2D eigenvalue weighted by Crippen LogP contribution is 2.30. The van der Waals surface area contributed by atoms with E-state index in [9.17, 15) is 8.78 Å². The zero-order valence-corrected chi connectivity index (χ0v) is 13.0. The zero-order valence-electron chi connectivity index (χ0n) is 11.4. The molecule has 0 saturated carbocycles. The second-order valence-electron chi connectivity index (χ2n) is 4.47. The summed E-state index contributed by atoms with van der Waals surface area (Å²) in [6.07, 6.45) is 0.718. The number of hydrogen-bond acceptors (Lipinski definition) is 2. The first kappa shape index (κ1) is 15.8. The van der Waals surface area contributed by atoms with Crippen LogP contribution in [0.25, 0.3) is 0 Å². The minimum absolute atomic E-state index is 0.00540. The van der Waals surface area contributed by atoms with Gasteiger partial charge in [0, 0.05) is 4.83 Å². The molecule has 2 aromatic carbocycles. The molecular weight excluding hydrogens is 342 g/mol. The van der Waals surface area contributed by atoms with E-state index < -0.39 is 6.61 Å². The van der Waals surface area contributed by atoms with Crippen molar-refractivity contribution in [1.29, 1.82) is 0 Å². The lowest BCUT2D eigenvalue weighted by molar-refractivity contribution is -0.0498. The van der Waals surface area contributed by atoms with Crippen LogP contribution in [-0.2, 0) is 6.42 Å². The summed E-state index contributed by atoms with van der Waals surface area (Å²) in [5, 5.41) is 0. The van der Waals surface area contributed by atoms with Gasteiger partial charge in [-0.15, -0.1) is 0 Å². The largest absolute Gasteiger partial charge is 0.497 e. The fraction of sp³-hybridized carbons (Fsp3) is 0.250. The Bertz CT molecular complexity index is 590. The van der Waals surface area contributed by atoms with E-state index in [1.54, 1.807) is 19.2 Å². The molecule has 0 N–H and O–H groups in total. The fourth-order valence-corrected chi connectivity index (χ4v) is 2.67. The van der Waals surface area contributed by atoms with Crippen LogP contribution in [0.2, 0.25) is 0 Å². The van der Waals surface area contributed by atoms with E-state index in [4.69, 9.17) is 4.74 Å². The van der Waals surface area contributed by atoms with Crippen molar-refractivity contribution >= 4 is 15.9 Å². The molecule has 0 spiro atoms. The number of alkyl halides is 3. The average Bonchev–Trinajstić information content (AvgIpc) is 2.47. The molecule has 0 saturated heterocycles. The first-order valence-corrected chi connectivity index (χ1v) is 7.32. The van der Waals surface area contributed by atoms with Crippen LogP contribution in [0, 0.1) is 0 Å².